The molecule has 0 aromatic carbocycles. The standard InChI is InChI=1S/C17H36O/c1-12(2)8-13(3)9-14(4)10-15(5)17(7)16(6)11-18/h12-18H,8-11H2,1-7H3/t13?,14?,15?,16-,17+/m0/s1. The quantitative estimate of drug-likeness (QED) is 0.616. The fourth-order valence-electron chi connectivity index (χ4n) is 3.26. The van der Waals surface area contributed by atoms with Crippen LogP contribution in [0.1, 0.15) is 67.7 Å². The summed E-state index contributed by atoms with van der Waals surface area (Å²) in [5.74, 6) is 4.24. The second kappa shape index (κ2) is 8.96. The van der Waals surface area contributed by atoms with Gasteiger partial charge in [-0.15, -0.1) is 0 Å². The van der Waals surface area contributed by atoms with Crippen molar-refractivity contribution in [2.45, 2.75) is 67.7 Å². The SMILES string of the molecule is CC(C)CC(C)CC(C)CC(C)[C@@H](C)[C@@H](C)CO. The molecule has 0 aliphatic rings. The Hall–Kier alpha value is -0.0400. The van der Waals surface area contributed by atoms with Crippen molar-refractivity contribution in [2.75, 3.05) is 6.61 Å². The molecule has 0 aliphatic heterocycles. The summed E-state index contributed by atoms with van der Waals surface area (Å²) in [7, 11) is 0. The van der Waals surface area contributed by atoms with Gasteiger partial charge in [-0.25, -0.2) is 0 Å². The van der Waals surface area contributed by atoms with Gasteiger partial charge in [-0.3, -0.25) is 0 Å². The number of rotatable bonds is 9. The molecule has 3 unspecified atom stereocenters. The zero-order valence-corrected chi connectivity index (χ0v) is 13.7. The molecule has 18 heavy (non-hydrogen) atoms. The van der Waals surface area contributed by atoms with E-state index in [1.54, 1.807) is 0 Å². The van der Waals surface area contributed by atoms with Crippen LogP contribution in [0.2, 0.25) is 0 Å². The lowest BCUT2D eigenvalue weighted by molar-refractivity contribution is 0.150. The van der Waals surface area contributed by atoms with Crippen molar-refractivity contribution in [2.24, 2.45) is 35.5 Å². The molecule has 0 aromatic rings. The summed E-state index contributed by atoms with van der Waals surface area (Å²) in [6, 6.07) is 0. The molecule has 0 aromatic heterocycles. The third-order valence-electron chi connectivity index (χ3n) is 4.54. The first-order valence-electron chi connectivity index (χ1n) is 7.88. The molecule has 0 bridgehead atoms. The zero-order chi connectivity index (χ0) is 14.3. The third-order valence-corrected chi connectivity index (χ3v) is 4.54. The molecule has 110 valence electrons. The van der Waals surface area contributed by atoms with Crippen LogP contribution in [-0.4, -0.2) is 11.7 Å². The van der Waals surface area contributed by atoms with Crippen LogP contribution in [0, 0.1) is 35.5 Å². The van der Waals surface area contributed by atoms with E-state index in [0.717, 1.165) is 17.8 Å². The van der Waals surface area contributed by atoms with E-state index in [-0.39, 0.29) is 0 Å². The predicted molar refractivity (Wildman–Crippen MR) is 81.6 cm³/mol. The summed E-state index contributed by atoms with van der Waals surface area (Å²) in [6.45, 7) is 16.5. The van der Waals surface area contributed by atoms with Gasteiger partial charge in [0.05, 0.1) is 0 Å². The Morgan fingerprint density at radius 2 is 1.17 bits per heavy atom. The second-order valence-corrected chi connectivity index (χ2v) is 7.31. The highest BCUT2D eigenvalue weighted by atomic mass is 16.3. The summed E-state index contributed by atoms with van der Waals surface area (Å²) < 4.78 is 0. The van der Waals surface area contributed by atoms with E-state index in [1.165, 1.54) is 19.3 Å². The van der Waals surface area contributed by atoms with E-state index in [1.807, 2.05) is 0 Å². The number of aliphatic hydroxyl groups excluding tert-OH is 1. The maximum atomic E-state index is 9.23. The molecule has 0 spiro atoms. The lowest BCUT2D eigenvalue weighted by Crippen LogP contribution is -2.21. The molecule has 5 atom stereocenters. The van der Waals surface area contributed by atoms with Crippen LogP contribution in [0.15, 0.2) is 0 Å². The first-order valence-corrected chi connectivity index (χ1v) is 7.88. The van der Waals surface area contributed by atoms with E-state index in [9.17, 15) is 5.11 Å². The Morgan fingerprint density at radius 3 is 1.61 bits per heavy atom. The Morgan fingerprint density at radius 1 is 0.667 bits per heavy atom. The molecule has 1 nitrogen and oxygen atoms in total. The first-order chi connectivity index (χ1) is 8.27. The molecule has 0 fully saturated rings. The van der Waals surface area contributed by atoms with Crippen molar-refractivity contribution < 1.29 is 5.11 Å². The van der Waals surface area contributed by atoms with Gasteiger partial charge >= 0.3 is 0 Å². The highest BCUT2D eigenvalue weighted by Gasteiger charge is 2.21. The fraction of sp³-hybridized carbons (Fsp3) is 1.00. The molecule has 1 N–H and O–H groups in total. The molecule has 0 saturated carbocycles. The minimum Gasteiger partial charge on any atom is -0.396 e. The summed E-state index contributed by atoms with van der Waals surface area (Å²) in [4.78, 5) is 0. The monoisotopic (exact) mass is 256 g/mol. The maximum absolute atomic E-state index is 9.23. The lowest BCUT2D eigenvalue weighted by atomic mass is 9.78. The number of hydrogen-bond acceptors (Lipinski definition) is 1. The highest BCUT2D eigenvalue weighted by molar-refractivity contribution is 4.71. The smallest absolute Gasteiger partial charge is 0.0459 e. The first kappa shape index (κ1) is 18.0. The van der Waals surface area contributed by atoms with Crippen molar-refractivity contribution in [3.63, 3.8) is 0 Å². The molecular weight excluding hydrogens is 220 g/mol. The molecule has 0 amide bonds. The Bertz CT molecular complexity index is 200. The van der Waals surface area contributed by atoms with E-state index in [4.69, 9.17) is 0 Å². The van der Waals surface area contributed by atoms with Crippen molar-refractivity contribution >= 4 is 0 Å². The van der Waals surface area contributed by atoms with Crippen LogP contribution in [-0.2, 0) is 0 Å². The van der Waals surface area contributed by atoms with Crippen molar-refractivity contribution in [3.8, 4) is 0 Å². The maximum Gasteiger partial charge on any atom is 0.0459 e. The van der Waals surface area contributed by atoms with Gasteiger partial charge < -0.3 is 5.11 Å². The number of hydrogen-bond donors (Lipinski definition) is 1. The van der Waals surface area contributed by atoms with Crippen molar-refractivity contribution in [1.82, 2.24) is 0 Å². The summed E-state index contributed by atoms with van der Waals surface area (Å²) in [5.41, 5.74) is 0. The Kier molecular flexibility index (Phi) is 8.94. The van der Waals surface area contributed by atoms with Gasteiger partial charge in [0.15, 0.2) is 0 Å². The molecule has 0 radical (unpaired) electrons. The molecular formula is C17H36O. The van der Waals surface area contributed by atoms with Crippen LogP contribution in [0.25, 0.3) is 0 Å². The lowest BCUT2D eigenvalue weighted by Gasteiger charge is -2.28. The van der Waals surface area contributed by atoms with Crippen molar-refractivity contribution in [1.29, 1.82) is 0 Å². The van der Waals surface area contributed by atoms with Gasteiger partial charge in [-0.2, -0.15) is 0 Å². The van der Waals surface area contributed by atoms with Crippen LogP contribution < -0.4 is 0 Å². The largest absolute Gasteiger partial charge is 0.396 e. The molecule has 0 aliphatic carbocycles. The van der Waals surface area contributed by atoms with Gasteiger partial charge in [0.25, 0.3) is 0 Å². The van der Waals surface area contributed by atoms with Crippen LogP contribution in [0.4, 0.5) is 0 Å². The normalized spacial score (nSPS) is 20.5. The van der Waals surface area contributed by atoms with Gasteiger partial charge in [-0.1, -0.05) is 48.5 Å². The Balaban J connectivity index is 4.03. The average molecular weight is 256 g/mol. The minimum atomic E-state index is 0.323. The molecule has 0 heterocycles. The summed E-state index contributed by atoms with van der Waals surface area (Å²) in [5, 5.41) is 9.23. The van der Waals surface area contributed by atoms with Gasteiger partial charge in [0, 0.05) is 6.61 Å². The predicted octanol–water partition coefficient (Wildman–Crippen LogP) is 4.99. The van der Waals surface area contributed by atoms with Crippen molar-refractivity contribution in [3.05, 3.63) is 0 Å². The van der Waals surface area contributed by atoms with Gasteiger partial charge in [0.1, 0.15) is 0 Å². The second-order valence-electron chi connectivity index (χ2n) is 7.31. The van der Waals surface area contributed by atoms with Gasteiger partial charge in [-0.05, 0) is 54.8 Å². The van der Waals surface area contributed by atoms with Crippen LogP contribution in [0.5, 0.6) is 0 Å². The Labute approximate surface area is 115 Å². The summed E-state index contributed by atoms with van der Waals surface area (Å²) in [6.07, 6.45) is 4.00. The fourth-order valence-corrected chi connectivity index (χ4v) is 3.26. The number of aliphatic hydroxyl groups is 1. The molecule has 1 heteroatoms. The molecule has 0 rings (SSSR count). The molecule has 0 saturated heterocycles. The van der Waals surface area contributed by atoms with Gasteiger partial charge in [0.2, 0.25) is 0 Å². The van der Waals surface area contributed by atoms with Crippen LogP contribution in [0.3, 0.4) is 0 Å². The van der Waals surface area contributed by atoms with E-state index in [0.29, 0.717) is 24.4 Å². The topological polar surface area (TPSA) is 20.2 Å². The summed E-state index contributed by atoms with van der Waals surface area (Å²) >= 11 is 0. The third kappa shape index (κ3) is 7.41. The average Bonchev–Trinajstić information content (AvgIpc) is 2.25. The van der Waals surface area contributed by atoms with E-state index >= 15 is 0 Å². The zero-order valence-electron chi connectivity index (χ0n) is 13.7. The van der Waals surface area contributed by atoms with E-state index < -0.39 is 0 Å². The van der Waals surface area contributed by atoms with E-state index in [2.05, 4.69) is 48.5 Å². The van der Waals surface area contributed by atoms with Crippen LogP contribution >= 0.6 is 0 Å². The highest BCUT2D eigenvalue weighted by Crippen LogP contribution is 2.29. The minimum absolute atomic E-state index is 0.323.